The summed E-state index contributed by atoms with van der Waals surface area (Å²) in [7, 11) is 0. The van der Waals surface area contributed by atoms with Gasteiger partial charge in [-0.3, -0.25) is 4.79 Å². The average molecular weight is 276 g/mol. The number of aliphatic hydroxyl groups excluding tert-OH is 1. The van der Waals surface area contributed by atoms with Gasteiger partial charge in [0.1, 0.15) is 6.73 Å². The normalized spacial score (nSPS) is 16.4. The van der Waals surface area contributed by atoms with E-state index < -0.39 is 0 Å². The van der Waals surface area contributed by atoms with Crippen molar-refractivity contribution in [1.82, 2.24) is 10.1 Å². The number of carbonyl (C=O) groups excluding carboxylic acids is 1. The molecule has 1 N–H and O–H groups in total. The predicted molar refractivity (Wildman–Crippen MR) is 71.1 cm³/mol. The van der Waals surface area contributed by atoms with Gasteiger partial charge in [0.05, 0.1) is 5.39 Å². The van der Waals surface area contributed by atoms with E-state index >= 15 is 0 Å². The highest BCUT2D eigenvalue weighted by Crippen LogP contribution is 2.22. The summed E-state index contributed by atoms with van der Waals surface area (Å²) in [6.07, 6.45) is 1.45. The number of ether oxygens (including phenoxy) is 1. The first-order chi connectivity index (χ1) is 9.81. The summed E-state index contributed by atoms with van der Waals surface area (Å²) < 4.78 is 10.4. The molecule has 0 spiro atoms. The van der Waals surface area contributed by atoms with E-state index in [9.17, 15) is 9.90 Å². The Morgan fingerprint density at radius 1 is 1.35 bits per heavy atom. The Morgan fingerprint density at radius 2 is 2.10 bits per heavy atom. The molecular weight excluding hydrogens is 260 g/mol. The van der Waals surface area contributed by atoms with Crippen molar-refractivity contribution in [3.63, 3.8) is 0 Å². The Kier molecular flexibility index (Phi) is 3.66. The van der Waals surface area contributed by atoms with Crippen molar-refractivity contribution in [3.05, 3.63) is 30.0 Å². The Balaban J connectivity index is 1.89. The van der Waals surface area contributed by atoms with Gasteiger partial charge in [-0.05, 0) is 25.0 Å². The molecule has 1 aromatic heterocycles. The monoisotopic (exact) mass is 276 g/mol. The molecule has 0 atom stereocenters. The number of fused-ring (bicyclic) bond motifs is 1. The van der Waals surface area contributed by atoms with Gasteiger partial charge in [-0.2, -0.15) is 0 Å². The topological polar surface area (TPSA) is 75.8 Å². The van der Waals surface area contributed by atoms with Gasteiger partial charge < -0.3 is 19.3 Å². The molecule has 2 aromatic rings. The smallest absolute Gasteiger partial charge is 0.278 e. The maximum atomic E-state index is 12.6. The fourth-order valence-corrected chi connectivity index (χ4v) is 2.52. The molecule has 1 aromatic carbocycles. The predicted octanol–water partition coefficient (Wildman–Crippen LogP) is 1.40. The van der Waals surface area contributed by atoms with Gasteiger partial charge in [0.15, 0.2) is 11.3 Å². The lowest BCUT2D eigenvalue weighted by Gasteiger charge is -2.32. The maximum Gasteiger partial charge on any atom is 0.278 e. The summed E-state index contributed by atoms with van der Waals surface area (Å²) in [5.41, 5.74) is 0.821. The maximum absolute atomic E-state index is 12.6. The highest BCUT2D eigenvalue weighted by Gasteiger charge is 2.29. The number of nitrogens with zero attached hydrogens (tertiary/aromatic N) is 2. The molecule has 20 heavy (non-hydrogen) atoms. The number of aromatic nitrogens is 1. The van der Waals surface area contributed by atoms with Crippen LogP contribution in [-0.2, 0) is 4.74 Å². The first kappa shape index (κ1) is 13.1. The van der Waals surface area contributed by atoms with Crippen LogP contribution >= 0.6 is 0 Å². The number of para-hydroxylation sites is 1. The molecule has 1 amide bonds. The van der Waals surface area contributed by atoms with Crippen molar-refractivity contribution in [3.8, 4) is 0 Å². The van der Waals surface area contributed by atoms with Crippen molar-refractivity contribution in [1.29, 1.82) is 0 Å². The van der Waals surface area contributed by atoms with Crippen LogP contribution in [0.2, 0.25) is 0 Å². The summed E-state index contributed by atoms with van der Waals surface area (Å²) in [4.78, 5) is 14.0. The van der Waals surface area contributed by atoms with Crippen LogP contribution in [0.15, 0.2) is 28.8 Å². The SMILES string of the molecule is O=C(c1noc2ccccc12)N(CO)C1CCOCC1. The number of hydrogen-bond acceptors (Lipinski definition) is 5. The minimum Gasteiger partial charge on any atom is -0.381 e. The van der Waals surface area contributed by atoms with Crippen LogP contribution in [0.4, 0.5) is 0 Å². The van der Waals surface area contributed by atoms with Crippen molar-refractivity contribution in [2.75, 3.05) is 19.9 Å². The highest BCUT2D eigenvalue weighted by atomic mass is 16.5. The van der Waals surface area contributed by atoms with E-state index in [1.54, 1.807) is 12.1 Å². The number of benzene rings is 1. The number of amides is 1. The molecule has 0 radical (unpaired) electrons. The standard InChI is InChI=1S/C14H16N2O4/c17-9-16(10-5-7-19-8-6-10)14(18)13-11-3-1-2-4-12(11)20-15-13/h1-4,10,17H,5-9H2. The summed E-state index contributed by atoms with van der Waals surface area (Å²) >= 11 is 0. The third-order valence-corrected chi connectivity index (χ3v) is 3.62. The van der Waals surface area contributed by atoms with Crippen LogP contribution in [-0.4, -0.2) is 47.1 Å². The summed E-state index contributed by atoms with van der Waals surface area (Å²) in [5.74, 6) is -0.302. The molecule has 3 rings (SSSR count). The summed E-state index contributed by atoms with van der Waals surface area (Å²) in [6.45, 7) is 0.882. The largest absolute Gasteiger partial charge is 0.381 e. The first-order valence-corrected chi connectivity index (χ1v) is 6.65. The molecule has 1 aliphatic rings. The van der Waals surface area contributed by atoms with Crippen LogP contribution in [0.5, 0.6) is 0 Å². The van der Waals surface area contributed by atoms with E-state index in [0.717, 1.165) is 12.8 Å². The van der Waals surface area contributed by atoms with E-state index in [1.165, 1.54) is 4.90 Å². The van der Waals surface area contributed by atoms with Gasteiger partial charge >= 0.3 is 0 Å². The van der Waals surface area contributed by atoms with E-state index in [2.05, 4.69) is 5.16 Å². The molecule has 106 valence electrons. The molecule has 1 saturated heterocycles. The number of carbonyl (C=O) groups is 1. The molecule has 0 saturated carbocycles. The third-order valence-electron chi connectivity index (χ3n) is 3.62. The van der Waals surface area contributed by atoms with Crippen LogP contribution < -0.4 is 0 Å². The number of aliphatic hydroxyl groups is 1. The minimum atomic E-state index is -0.329. The molecule has 6 nitrogen and oxygen atoms in total. The van der Waals surface area contributed by atoms with Crippen molar-refractivity contribution < 1.29 is 19.2 Å². The molecule has 1 aliphatic heterocycles. The van der Waals surface area contributed by atoms with E-state index in [-0.39, 0.29) is 24.4 Å². The van der Waals surface area contributed by atoms with E-state index in [1.807, 2.05) is 12.1 Å². The Hall–Kier alpha value is -1.92. The molecule has 6 heteroatoms. The Morgan fingerprint density at radius 3 is 2.85 bits per heavy atom. The Bertz CT molecular complexity index is 604. The van der Waals surface area contributed by atoms with Crippen LogP contribution in [0, 0.1) is 0 Å². The van der Waals surface area contributed by atoms with Crippen LogP contribution in [0.3, 0.4) is 0 Å². The second-order valence-electron chi connectivity index (χ2n) is 4.79. The summed E-state index contributed by atoms with van der Waals surface area (Å²) in [6, 6.07) is 7.19. The molecular formula is C14H16N2O4. The number of hydrogen-bond donors (Lipinski definition) is 1. The van der Waals surface area contributed by atoms with Crippen molar-refractivity contribution in [2.24, 2.45) is 0 Å². The lowest BCUT2D eigenvalue weighted by molar-refractivity contribution is 0.00257. The minimum absolute atomic E-state index is 0.0169. The van der Waals surface area contributed by atoms with Gasteiger partial charge in [-0.15, -0.1) is 0 Å². The van der Waals surface area contributed by atoms with Gasteiger partial charge in [0, 0.05) is 19.3 Å². The zero-order valence-corrected chi connectivity index (χ0v) is 11.0. The quantitative estimate of drug-likeness (QED) is 0.857. The summed E-state index contributed by atoms with van der Waals surface area (Å²) in [5, 5.41) is 14.0. The molecule has 0 aliphatic carbocycles. The first-order valence-electron chi connectivity index (χ1n) is 6.65. The van der Waals surface area contributed by atoms with E-state index in [4.69, 9.17) is 9.26 Å². The van der Waals surface area contributed by atoms with E-state index in [0.29, 0.717) is 24.2 Å². The highest BCUT2D eigenvalue weighted by molar-refractivity contribution is 6.04. The fourth-order valence-electron chi connectivity index (χ4n) is 2.52. The zero-order chi connectivity index (χ0) is 13.9. The fraction of sp³-hybridized carbons (Fsp3) is 0.429. The third kappa shape index (κ3) is 2.28. The lowest BCUT2D eigenvalue weighted by Crippen LogP contribution is -2.44. The van der Waals surface area contributed by atoms with Crippen molar-refractivity contribution >= 4 is 16.9 Å². The lowest BCUT2D eigenvalue weighted by atomic mass is 10.1. The second-order valence-corrected chi connectivity index (χ2v) is 4.79. The second kappa shape index (κ2) is 5.60. The molecule has 0 unspecified atom stereocenters. The molecule has 2 heterocycles. The van der Waals surface area contributed by atoms with Gasteiger partial charge in [0.25, 0.3) is 5.91 Å². The van der Waals surface area contributed by atoms with Gasteiger partial charge in [-0.25, -0.2) is 0 Å². The van der Waals surface area contributed by atoms with Gasteiger partial charge in [0.2, 0.25) is 0 Å². The van der Waals surface area contributed by atoms with Crippen LogP contribution in [0.25, 0.3) is 11.0 Å². The van der Waals surface area contributed by atoms with Crippen molar-refractivity contribution in [2.45, 2.75) is 18.9 Å². The zero-order valence-electron chi connectivity index (χ0n) is 11.0. The van der Waals surface area contributed by atoms with Gasteiger partial charge in [-0.1, -0.05) is 17.3 Å². The number of rotatable bonds is 3. The Labute approximate surface area is 115 Å². The average Bonchev–Trinajstić information content (AvgIpc) is 2.93. The van der Waals surface area contributed by atoms with Crippen LogP contribution in [0.1, 0.15) is 23.3 Å². The molecule has 1 fully saturated rings. The molecule has 0 bridgehead atoms.